The van der Waals surface area contributed by atoms with Gasteiger partial charge in [-0.3, -0.25) is 4.79 Å². The molecule has 9 heteroatoms. The highest BCUT2D eigenvalue weighted by Crippen LogP contribution is 2.34. The molecule has 196 valence electrons. The quantitative estimate of drug-likeness (QED) is 0.397. The Morgan fingerprint density at radius 1 is 1.11 bits per heavy atom. The van der Waals surface area contributed by atoms with Crippen molar-refractivity contribution in [3.63, 3.8) is 0 Å². The average Bonchev–Trinajstić information content (AvgIpc) is 3.28. The number of likely N-dealkylation sites (tertiary alicyclic amines) is 1. The Labute approximate surface area is 227 Å². The van der Waals surface area contributed by atoms with Gasteiger partial charge in [-0.05, 0) is 75.9 Å². The first-order valence-corrected chi connectivity index (χ1v) is 13.1. The number of hydrogen-bond acceptors (Lipinski definition) is 4. The largest absolute Gasteiger partial charge is 0.444 e. The van der Waals surface area contributed by atoms with Gasteiger partial charge < -0.3 is 15.0 Å². The maximum Gasteiger partial charge on any atom is 0.410 e. The molecule has 2 aromatic carbocycles. The van der Waals surface area contributed by atoms with Crippen molar-refractivity contribution in [1.29, 1.82) is 0 Å². The van der Waals surface area contributed by atoms with Crippen LogP contribution < -0.4 is 5.32 Å². The van der Waals surface area contributed by atoms with Gasteiger partial charge in [-0.1, -0.05) is 41.4 Å². The van der Waals surface area contributed by atoms with Crippen LogP contribution in [0.5, 0.6) is 0 Å². The second kappa shape index (κ2) is 11.2. The highest BCUT2D eigenvalue weighted by molar-refractivity contribution is 6.31. The summed E-state index contributed by atoms with van der Waals surface area (Å²) in [5, 5.41) is 8.88. The van der Waals surface area contributed by atoms with Crippen molar-refractivity contribution in [3.8, 4) is 5.69 Å². The number of amides is 2. The first kappa shape index (κ1) is 27.0. The highest BCUT2D eigenvalue weighted by Gasteiger charge is 2.32. The Bertz CT molecular complexity index is 1290. The van der Waals surface area contributed by atoms with E-state index >= 15 is 0 Å². The van der Waals surface area contributed by atoms with Gasteiger partial charge in [0.15, 0.2) is 0 Å². The van der Waals surface area contributed by atoms with Gasteiger partial charge in [0.1, 0.15) is 5.60 Å². The minimum atomic E-state index is -0.551. The Balaban J connectivity index is 1.61. The molecule has 0 saturated carbocycles. The standard InChI is InChI=1S/C28H32Cl2N4O3/c1-18-23(30)9-6-10-24(18)34-25(20-11-13-33(14-12-20)27(36)37-28(2,3)4)22(17-32-34)26(35)31-16-19-7-5-8-21(29)15-19/h5-10,15,17,20H,11-14,16H2,1-4H3,(H,31,35). The Kier molecular flexibility index (Phi) is 8.14. The third kappa shape index (κ3) is 6.46. The fraction of sp³-hybridized carbons (Fsp3) is 0.393. The molecule has 3 aromatic rings. The normalized spacial score (nSPS) is 14.5. The summed E-state index contributed by atoms with van der Waals surface area (Å²) in [7, 11) is 0. The number of halogens is 2. The summed E-state index contributed by atoms with van der Waals surface area (Å²) in [6.07, 6.45) is 2.66. The average molecular weight is 543 g/mol. The molecule has 0 aliphatic carbocycles. The number of rotatable bonds is 5. The predicted molar refractivity (Wildman–Crippen MR) is 146 cm³/mol. The summed E-state index contributed by atoms with van der Waals surface area (Å²) in [5.74, 6) is -0.193. The minimum absolute atomic E-state index is 0.0199. The fourth-order valence-electron chi connectivity index (χ4n) is 4.53. The zero-order valence-corrected chi connectivity index (χ0v) is 23.1. The molecule has 0 atom stereocenters. The Morgan fingerprint density at radius 3 is 2.49 bits per heavy atom. The van der Waals surface area contributed by atoms with Crippen LogP contribution in [0.25, 0.3) is 5.69 Å². The van der Waals surface area contributed by atoms with Crippen LogP contribution >= 0.6 is 23.2 Å². The lowest BCUT2D eigenvalue weighted by Gasteiger charge is -2.34. The molecule has 7 nitrogen and oxygen atoms in total. The van der Waals surface area contributed by atoms with E-state index in [9.17, 15) is 9.59 Å². The van der Waals surface area contributed by atoms with Crippen molar-refractivity contribution < 1.29 is 14.3 Å². The number of benzene rings is 2. The summed E-state index contributed by atoms with van der Waals surface area (Å²) >= 11 is 12.5. The molecule has 2 heterocycles. The van der Waals surface area contributed by atoms with Gasteiger partial charge in [-0.15, -0.1) is 0 Å². The summed E-state index contributed by atoms with van der Waals surface area (Å²) in [6.45, 7) is 8.92. The summed E-state index contributed by atoms with van der Waals surface area (Å²) < 4.78 is 7.37. The van der Waals surface area contributed by atoms with Crippen LogP contribution in [0, 0.1) is 6.92 Å². The molecule has 1 N–H and O–H groups in total. The van der Waals surface area contributed by atoms with Gasteiger partial charge in [0, 0.05) is 35.6 Å². The number of hydrogen-bond donors (Lipinski definition) is 1. The van der Waals surface area contributed by atoms with Gasteiger partial charge in [-0.2, -0.15) is 5.10 Å². The Hall–Kier alpha value is -3.03. The lowest BCUT2D eigenvalue weighted by Crippen LogP contribution is -2.41. The summed E-state index contributed by atoms with van der Waals surface area (Å²) in [4.78, 5) is 27.7. The first-order chi connectivity index (χ1) is 17.5. The van der Waals surface area contributed by atoms with E-state index in [4.69, 9.17) is 27.9 Å². The second-order valence-corrected chi connectivity index (χ2v) is 11.1. The van der Waals surface area contributed by atoms with Crippen molar-refractivity contribution in [3.05, 3.63) is 81.1 Å². The topological polar surface area (TPSA) is 76.5 Å². The lowest BCUT2D eigenvalue weighted by atomic mass is 9.90. The number of aromatic nitrogens is 2. The third-order valence-corrected chi connectivity index (χ3v) is 7.04. The number of ether oxygens (including phenoxy) is 1. The highest BCUT2D eigenvalue weighted by atomic mass is 35.5. The Morgan fingerprint density at radius 2 is 1.81 bits per heavy atom. The molecule has 2 amide bonds. The van der Waals surface area contributed by atoms with Crippen LogP contribution in [0.3, 0.4) is 0 Å². The maximum atomic E-state index is 13.4. The fourth-order valence-corrected chi connectivity index (χ4v) is 4.91. The summed E-state index contributed by atoms with van der Waals surface area (Å²) in [5.41, 5.74) is 3.39. The zero-order chi connectivity index (χ0) is 26.7. The molecular weight excluding hydrogens is 511 g/mol. The monoisotopic (exact) mass is 542 g/mol. The van der Waals surface area contributed by atoms with Crippen LogP contribution in [0.2, 0.25) is 10.0 Å². The molecule has 0 bridgehead atoms. The molecule has 1 aliphatic rings. The predicted octanol–water partition coefficient (Wildman–Crippen LogP) is 6.53. The van der Waals surface area contributed by atoms with E-state index in [-0.39, 0.29) is 17.9 Å². The molecule has 0 radical (unpaired) electrons. The lowest BCUT2D eigenvalue weighted by molar-refractivity contribution is 0.0203. The van der Waals surface area contributed by atoms with Gasteiger partial charge >= 0.3 is 6.09 Å². The molecular formula is C28H32Cl2N4O3. The van der Waals surface area contributed by atoms with Gasteiger partial charge in [-0.25, -0.2) is 9.48 Å². The molecule has 37 heavy (non-hydrogen) atoms. The SMILES string of the molecule is Cc1c(Cl)cccc1-n1ncc(C(=O)NCc2cccc(Cl)c2)c1C1CCN(C(=O)OC(C)(C)C)CC1. The molecule has 1 fully saturated rings. The maximum absolute atomic E-state index is 13.4. The van der Waals surface area contributed by atoms with E-state index in [1.165, 1.54) is 0 Å². The smallest absolute Gasteiger partial charge is 0.410 e. The zero-order valence-electron chi connectivity index (χ0n) is 21.6. The number of nitrogens with zero attached hydrogens (tertiary/aromatic N) is 3. The number of carbonyl (C=O) groups excluding carboxylic acids is 2. The van der Waals surface area contributed by atoms with Crippen LogP contribution in [-0.2, 0) is 11.3 Å². The number of carbonyl (C=O) groups is 2. The first-order valence-electron chi connectivity index (χ1n) is 12.4. The van der Waals surface area contributed by atoms with Gasteiger partial charge in [0.05, 0.1) is 23.1 Å². The van der Waals surface area contributed by atoms with Crippen LogP contribution in [-0.4, -0.2) is 45.4 Å². The van der Waals surface area contributed by atoms with Crippen LogP contribution in [0.1, 0.15) is 66.7 Å². The third-order valence-electron chi connectivity index (χ3n) is 6.39. The molecule has 1 aromatic heterocycles. The molecule has 1 aliphatic heterocycles. The van der Waals surface area contributed by atoms with Crippen molar-refractivity contribution in [1.82, 2.24) is 20.0 Å². The van der Waals surface area contributed by atoms with Gasteiger partial charge in [0.2, 0.25) is 0 Å². The van der Waals surface area contributed by atoms with Crippen LogP contribution in [0.4, 0.5) is 4.79 Å². The number of nitrogens with one attached hydrogen (secondary N) is 1. The van der Waals surface area contributed by atoms with E-state index in [0.717, 1.165) is 22.5 Å². The van der Waals surface area contributed by atoms with Crippen molar-refractivity contribution in [2.75, 3.05) is 13.1 Å². The van der Waals surface area contributed by atoms with Crippen LogP contribution in [0.15, 0.2) is 48.7 Å². The van der Waals surface area contributed by atoms with Crippen molar-refractivity contribution in [2.45, 2.75) is 58.6 Å². The molecule has 0 unspecified atom stereocenters. The molecule has 1 saturated heterocycles. The van der Waals surface area contributed by atoms with E-state index in [2.05, 4.69) is 10.4 Å². The van der Waals surface area contributed by atoms with E-state index in [1.54, 1.807) is 17.2 Å². The van der Waals surface area contributed by atoms with Crippen molar-refractivity contribution in [2.24, 2.45) is 0 Å². The number of piperidine rings is 1. The van der Waals surface area contributed by atoms with E-state index in [1.807, 2.05) is 68.8 Å². The van der Waals surface area contributed by atoms with E-state index in [0.29, 0.717) is 48.1 Å². The van der Waals surface area contributed by atoms with Gasteiger partial charge in [0.25, 0.3) is 5.91 Å². The second-order valence-electron chi connectivity index (χ2n) is 10.3. The molecule has 0 spiro atoms. The van der Waals surface area contributed by atoms with E-state index < -0.39 is 5.60 Å². The minimum Gasteiger partial charge on any atom is -0.444 e. The summed E-state index contributed by atoms with van der Waals surface area (Å²) in [6, 6.07) is 13.1. The molecule has 4 rings (SSSR count). The van der Waals surface area contributed by atoms with Crippen molar-refractivity contribution >= 4 is 35.2 Å².